The van der Waals surface area contributed by atoms with Crippen LogP contribution < -0.4 is 5.32 Å². The SMILES string of the molecule is CCOC(=O)C1(C)CN(CC(=O)Nc2ccc(S(C)(=O)=O)cc2)N=C1c1ccc(C(F)(F)F)c(Cl)c1. The van der Waals surface area contributed by atoms with Gasteiger partial charge in [-0.25, -0.2) is 8.42 Å². The molecule has 194 valence electrons. The van der Waals surface area contributed by atoms with E-state index in [4.69, 9.17) is 16.3 Å². The molecular formula is C23H23ClF3N3O5S. The lowest BCUT2D eigenvalue weighted by atomic mass is 9.82. The molecular weight excluding hydrogens is 523 g/mol. The Balaban J connectivity index is 1.85. The van der Waals surface area contributed by atoms with Gasteiger partial charge in [-0.3, -0.25) is 14.6 Å². The minimum atomic E-state index is -4.65. The molecule has 0 spiro atoms. The standard InChI is InChI=1S/C23H23ClF3N3O5S/c1-4-35-21(32)22(2)13-30(12-19(31)28-15-6-8-16(9-7-15)36(3,33)34)29-20(22)14-5-10-17(18(24)11-14)23(25,26)27/h5-11H,4,12-13H2,1-3H3,(H,28,31). The zero-order valence-electron chi connectivity index (χ0n) is 19.5. The van der Waals surface area contributed by atoms with Gasteiger partial charge in [0.2, 0.25) is 5.91 Å². The van der Waals surface area contributed by atoms with E-state index in [9.17, 15) is 31.2 Å². The van der Waals surface area contributed by atoms with E-state index in [1.54, 1.807) is 6.92 Å². The van der Waals surface area contributed by atoms with Crippen LogP contribution in [0.4, 0.5) is 18.9 Å². The van der Waals surface area contributed by atoms with Crippen LogP contribution in [0.25, 0.3) is 0 Å². The van der Waals surface area contributed by atoms with Crippen LogP contribution in [0.1, 0.15) is 25.0 Å². The summed E-state index contributed by atoms with van der Waals surface area (Å²) in [5, 5.41) is 7.71. The molecule has 13 heteroatoms. The minimum absolute atomic E-state index is 0.0689. The number of carbonyl (C=O) groups excluding carboxylic acids is 2. The van der Waals surface area contributed by atoms with Crippen molar-refractivity contribution in [1.29, 1.82) is 0 Å². The Labute approximate surface area is 211 Å². The predicted octanol–water partition coefficient (Wildman–Crippen LogP) is 3.99. The van der Waals surface area contributed by atoms with Gasteiger partial charge in [-0.1, -0.05) is 17.7 Å². The Bertz CT molecular complexity index is 1310. The van der Waals surface area contributed by atoms with Gasteiger partial charge < -0.3 is 10.1 Å². The molecule has 0 aliphatic carbocycles. The van der Waals surface area contributed by atoms with Crippen LogP contribution in [-0.2, 0) is 30.3 Å². The summed E-state index contributed by atoms with van der Waals surface area (Å²) in [6.07, 6.45) is -3.59. The maximum Gasteiger partial charge on any atom is 0.417 e. The summed E-state index contributed by atoms with van der Waals surface area (Å²) < 4.78 is 67.7. The van der Waals surface area contributed by atoms with E-state index in [1.807, 2.05) is 0 Å². The Kier molecular flexibility index (Phi) is 7.70. The topological polar surface area (TPSA) is 105 Å². The van der Waals surface area contributed by atoms with Crippen LogP contribution in [0.2, 0.25) is 5.02 Å². The van der Waals surface area contributed by atoms with Crippen molar-refractivity contribution < 1.29 is 35.9 Å². The molecule has 0 aromatic heterocycles. The highest BCUT2D eigenvalue weighted by molar-refractivity contribution is 7.90. The van der Waals surface area contributed by atoms with Crippen LogP contribution in [0.3, 0.4) is 0 Å². The number of ether oxygens (including phenoxy) is 1. The summed E-state index contributed by atoms with van der Waals surface area (Å²) in [5.41, 5.74) is -1.76. The van der Waals surface area contributed by atoms with E-state index in [2.05, 4.69) is 10.4 Å². The van der Waals surface area contributed by atoms with Crippen LogP contribution in [0.5, 0.6) is 0 Å². The fraction of sp³-hybridized carbons (Fsp3) is 0.348. The largest absolute Gasteiger partial charge is 0.465 e. The predicted molar refractivity (Wildman–Crippen MR) is 127 cm³/mol. The number of benzene rings is 2. The molecule has 1 aliphatic rings. The number of alkyl halides is 3. The normalized spacial score (nSPS) is 18.1. The molecule has 1 heterocycles. The van der Waals surface area contributed by atoms with Crippen LogP contribution in [-0.4, -0.2) is 57.0 Å². The lowest BCUT2D eigenvalue weighted by molar-refractivity contribution is -0.150. The van der Waals surface area contributed by atoms with Gasteiger partial charge in [0.25, 0.3) is 0 Å². The van der Waals surface area contributed by atoms with Gasteiger partial charge in [0.05, 0.1) is 34.3 Å². The van der Waals surface area contributed by atoms with E-state index in [0.717, 1.165) is 24.5 Å². The Morgan fingerprint density at radius 3 is 2.36 bits per heavy atom. The molecule has 0 saturated heterocycles. The van der Waals surface area contributed by atoms with Crippen molar-refractivity contribution in [2.45, 2.75) is 24.9 Å². The van der Waals surface area contributed by atoms with Crippen molar-refractivity contribution in [1.82, 2.24) is 5.01 Å². The highest BCUT2D eigenvalue weighted by Crippen LogP contribution is 2.38. The molecule has 0 radical (unpaired) electrons. The van der Waals surface area contributed by atoms with Gasteiger partial charge >= 0.3 is 12.1 Å². The molecule has 2 aromatic carbocycles. The molecule has 1 atom stereocenters. The zero-order chi connectivity index (χ0) is 26.9. The second-order valence-corrected chi connectivity index (χ2v) is 10.8. The lowest BCUT2D eigenvalue weighted by Crippen LogP contribution is -2.41. The van der Waals surface area contributed by atoms with Crippen LogP contribution in [0.15, 0.2) is 52.5 Å². The van der Waals surface area contributed by atoms with E-state index in [0.29, 0.717) is 5.69 Å². The number of halogens is 4. The number of nitrogens with one attached hydrogen (secondary N) is 1. The zero-order valence-corrected chi connectivity index (χ0v) is 21.1. The number of carbonyl (C=O) groups is 2. The molecule has 2 aromatic rings. The van der Waals surface area contributed by atoms with Crippen molar-refractivity contribution in [2.24, 2.45) is 10.5 Å². The smallest absolute Gasteiger partial charge is 0.417 e. The third-order valence-electron chi connectivity index (χ3n) is 5.43. The maximum atomic E-state index is 13.1. The molecule has 3 rings (SSSR count). The second-order valence-electron chi connectivity index (χ2n) is 8.36. The van der Waals surface area contributed by atoms with Gasteiger partial charge in [-0.15, -0.1) is 0 Å². The van der Waals surface area contributed by atoms with Crippen LogP contribution >= 0.6 is 11.6 Å². The van der Waals surface area contributed by atoms with E-state index < -0.39 is 43.9 Å². The van der Waals surface area contributed by atoms with E-state index in [1.165, 1.54) is 36.2 Å². The van der Waals surface area contributed by atoms with Gasteiger partial charge in [0.15, 0.2) is 9.84 Å². The van der Waals surface area contributed by atoms with Crippen LogP contribution in [0, 0.1) is 5.41 Å². The summed E-state index contributed by atoms with van der Waals surface area (Å²) in [5.74, 6) is -1.16. The molecule has 36 heavy (non-hydrogen) atoms. The number of hydrogen-bond donors (Lipinski definition) is 1. The van der Waals surface area contributed by atoms with Crippen molar-refractivity contribution in [3.8, 4) is 0 Å². The highest BCUT2D eigenvalue weighted by Gasteiger charge is 2.47. The highest BCUT2D eigenvalue weighted by atomic mass is 35.5. The van der Waals surface area contributed by atoms with Crippen molar-refractivity contribution in [3.05, 3.63) is 58.6 Å². The van der Waals surface area contributed by atoms with E-state index in [-0.39, 0.29) is 35.9 Å². The fourth-order valence-corrected chi connectivity index (χ4v) is 4.61. The third kappa shape index (κ3) is 5.98. The summed E-state index contributed by atoms with van der Waals surface area (Å²) in [7, 11) is -3.39. The number of rotatable bonds is 7. The number of anilines is 1. The van der Waals surface area contributed by atoms with Crippen molar-refractivity contribution in [3.63, 3.8) is 0 Å². The van der Waals surface area contributed by atoms with Crippen molar-refractivity contribution >= 4 is 44.7 Å². The molecule has 8 nitrogen and oxygen atoms in total. The average Bonchev–Trinajstić information content (AvgIpc) is 3.09. The van der Waals surface area contributed by atoms with Gasteiger partial charge in [0, 0.05) is 17.5 Å². The number of nitrogens with zero attached hydrogens (tertiary/aromatic N) is 2. The second kappa shape index (κ2) is 10.1. The molecule has 0 bridgehead atoms. The molecule has 1 aliphatic heterocycles. The summed E-state index contributed by atoms with van der Waals surface area (Å²) >= 11 is 5.87. The molecule has 1 amide bonds. The molecule has 0 saturated carbocycles. The third-order valence-corrected chi connectivity index (χ3v) is 6.87. The first-order valence-electron chi connectivity index (χ1n) is 10.6. The fourth-order valence-electron chi connectivity index (χ4n) is 3.69. The lowest BCUT2D eigenvalue weighted by Gasteiger charge is -2.24. The number of sulfone groups is 1. The first-order chi connectivity index (χ1) is 16.6. The molecule has 1 unspecified atom stereocenters. The number of hydrazone groups is 1. The monoisotopic (exact) mass is 545 g/mol. The van der Waals surface area contributed by atoms with Gasteiger partial charge in [-0.2, -0.15) is 18.3 Å². The summed E-state index contributed by atoms with van der Waals surface area (Å²) in [6.45, 7) is 2.85. The maximum absolute atomic E-state index is 13.1. The van der Waals surface area contributed by atoms with Gasteiger partial charge in [-0.05, 0) is 50.2 Å². The van der Waals surface area contributed by atoms with Gasteiger partial charge in [0.1, 0.15) is 12.0 Å². The average molecular weight is 546 g/mol. The quantitative estimate of drug-likeness (QED) is 0.528. The number of hydrogen-bond acceptors (Lipinski definition) is 7. The van der Waals surface area contributed by atoms with Crippen molar-refractivity contribution in [2.75, 3.05) is 31.3 Å². The Morgan fingerprint density at radius 2 is 1.83 bits per heavy atom. The Hall–Kier alpha value is -3.12. The summed E-state index contributed by atoms with van der Waals surface area (Å²) in [4.78, 5) is 25.5. The minimum Gasteiger partial charge on any atom is -0.465 e. The molecule has 0 fully saturated rings. The first-order valence-corrected chi connectivity index (χ1v) is 12.9. The first kappa shape index (κ1) is 27.5. The number of esters is 1. The molecule has 1 N–H and O–H groups in total. The van der Waals surface area contributed by atoms with E-state index >= 15 is 0 Å². The number of amides is 1. The summed E-state index contributed by atoms with van der Waals surface area (Å²) in [6, 6.07) is 8.61. The Morgan fingerprint density at radius 1 is 1.19 bits per heavy atom.